The maximum absolute atomic E-state index is 6.75. The number of benzene rings is 1. The van der Waals surface area contributed by atoms with Gasteiger partial charge in [-0.2, -0.15) is 0 Å². The third-order valence-electron chi connectivity index (χ3n) is 5.00. The molecule has 0 bridgehead atoms. The fourth-order valence-corrected chi connectivity index (χ4v) is 3.88. The van der Waals surface area contributed by atoms with Gasteiger partial charge in [-0.05, 0) is 61.3 Å². The summed E-state index contributed by atoms with van der Waals surface area (Å²) in [6.07, 6.45) is 7.02. The van der Waals surface area contributed by atoms with Gasteiger partial charge in [0, 0.05) is 10.0 Å². The van der Waals surface area contributed by atoms with Crippen molar-refractivity contribution in [3.8, 4) is 5.75 Å². The van der Waals surface area contributed by atoms with E-state index in [1.165, 1.54) is 24.8 Å². The Morgan fingerprint density at radius 3 is 2.76 bits per heavy atom. The van der Waals surface area contributed by atoms with Gasteiger partial charge in [-0.3, -0.25) is 0 Å². The van der Waals surface area contributed by atoms with E-state index in [2.05, 4.69) is 41.9 Å². The van der Waals surface area contributed by atoms with Crippen molar-refractivity contribution in [1.29, 1.82) is 0 Å². The minimum absolute atomic E-state index is 0.0709. The molecule has 1 aliphatic carbocycles. The molecule has 0 heterocycles. The Hall–Kier alpha value is -0.540. The Labute approximate surface area is 137 Å². The highest BCUT2D eigenvalue weighted by Gasteiger charge is 2.31. The average molecular weight is 354 g/mol. The standard InChI is InChI=1S/C18H28BrNO/c1-13(2)14-5-4-9-18(20,10-8-14)12-15-11-16(21-3)6-7-17(15)19/h6-7,11,13-14H,4-5,8-10,12,20H2,1-3H3. The highest BCUT2D eigenvalue weighted by molar-refractivity contribution is 9.10. The lowest BCUT2D eigenvalue weighted by molar-refractivity contribution is 0.321. The van der Waals surface area contributed by atoms with E-state index in [-0.39, 0.29) is 5.54 Å². The van der Waals surface area contributed by atoms with Crippen LogP contribution in [0.15, 0.2) is 22.7 Å². The molecular formula is C18H28BrNO. The highest BCUT2D eigenvalue weighted by atomic mass is 79.9. The van der Waals surface area contributed by atoms with Crippen molar-refractivity contribution in [1.82, 2.24) is 0 Å². The molecule has 2 N–H and O–H groups in total. The van der Waals surface area contributed by atoms with Crippen LogP contribution < -0.4 is 10.5 Å². The number of nitrogens with two attached hydrogens (primary N) is 1. The van der Waals surface area contributed by atoms with Gasteiger partial charge >= 0.3 is 0 Å². The van der Waals surface area contributed by atoms with E-state index in [1.807, 2.05) is 6.07 Å². The van der Waals surface area contributed by atoms with Crippen LogP contribution in [0.5, 0.6) is 5.75 Å². The fourth-order valence-electron chi connectivity index (χ4n) is 3.49. The second-order valence-electron chi connectivity index (χ2n) is 6.93. The molecule has 0 amide bonds. The maximum Gasteiger partial charge on any atom is 0.119 e. The van der Waals surface area contributed by atoms with Crippen LogP contribution in [0.1, 0.15) is 51.5 Å². The molecule has 0 aliphatic heterocycles. The number of halogens is 1. The smallest absolute Gasteiger partial charge is 0.119 e. The van der Waals surface area contributed by atoms with Gasteiger partial charge in [0.15, 0.2) is 0 Å². The lowest BCUT2D eigenvalue weighted by Gasteiger charge is -2.29. The lowest BCUT2D eigenvalue weighted by atomic mass is 9.83. The molecule has 1 saturated carbocycles. The van der Waals surface area contributed by atoms with Crippen molar-refractivity contribution < 1.29 is 4.74 Å². The summed E-state index contributed by atoms with van der Waals surface area (Å²) in [5, 5.41) is 0. The largest absolute Gasteiger partial charge is 0.497 e. The van der Waals surface area contributed by atoms with Crippen LogP contribution in [0.4, 0.5) is 0 Å². The van der Waals surface area contributed by atoms with Crippen molar-refractivity contribution >= 4 is 15.9 Å². The molecule has 0 aromatic heterocycles. The minimum Gasteiger partial charge on any atom is -0.497 e. The van der Waals surface area contributed by atoms with Crippen molar-refractivity contribution in [3.05, 3.63) is 28.2 Å². The van der Waals surface area contributed by atoms with Gasteiger partial charge in [0.05, 0.1) is 7.11 Å². The first-order valence-corrected chi connectivity index (χ1v) is 8.84. The first-order valence-electron chi connectivity index (χ1n) is 8.05. The molecule has 1 aromatic rings. The van der Waals surface area contributed by atoms with Gasteiger partial charge < -0.3 is 10.5 Å². The molecular weight excluding hydrogens is 326 g/mol. The summed E-state index contributed by atoms with van der Waals surface area (Å²) < 4.78 is 6.48. The SMILES string of the molecule is COc1ccc(Br)c(CC2(N)CCCC(C(C)C)CC2)c1. The van der Waals surface area contributed by atoms with E-state index >= 15 is 0 Å². The molecule has 118 valence electrons. The fraction of sp³-hybridized carbons (Fsp3) is 0.667. The third kappa shape index (κ3) is 4.46. The molecule has 21 heavy (non-hydrogen) atoms. The maximum atomic E-state index is 6.75. The third-order valence-corrected chi connectivity index (χ3v) is 5.77. The molecule has 2 nitrogen and oxygen atoms in total. The molecule has 0 saturated heterocycles. The molecule has 0 radical (unpaired) electrons. The molecule has 0 spiro atoms. The van der Waals surface area contributed by atoms with Gasteiger partial charge in [-0.1, -0.05) is 42.6 Å². The zero-order valence-corrected chi connectivity index (χ0v) is 15.1. The van der Waals surface area contributed by atoms with Gasteiger partial charge in [0.1, 0.15) is 5.75 Å². The van der Waals surface area contributed by atoms with E-state index in [0.29, 0.717) is 0 Å². The predicted octanol–water partition coefficient (Wildman–Crippen LogP) is 4.93. The first kappa shape index (κ1) is 16.8. The van der Waals surface area contributed by atoms with Crippen molar-refractivity contribution in [2.75, 3.05) is 7.11 Å². The number of ether oxygens (including phenoxy) is 1. The quantitative estimate of drug-likeness (QED) is 0.778. The Morgan fingerprint density at radius 1 is 1.33 bits per heavy atom. The number of methoxy groups -OCH3 is 1. The van der Waals surface area contributed by atoms with Crippen LogP contribution in [0.25, 0.3) is 0 Å². The topological polar surface area (TPSA) is 35.2 Å². The van der Waals surface area contributed by atoms with Crippen LogP contribution in [0.2, 0.25) is 0 Å². The second-order valence-corrected chi connectivity index (χ2v) is 7.79. The summed E-state index contributed by atoms with van der Waals surface area (Å²) in [6, 6.07) is 6.16. The van der Waals surface area contributed by atoms with E-state index < -0.39 is 0 Å². The van der Waals surface area contributed by atoms with Crippen LogP contribution in [-0.2, 0) is 6.42 Å². The van der Waals surface area contributed by atoms with Crippen LogP contribution in [0.3, 0.4) is 0 Å². The summed E-state index contributed by atoms with van der Waals surface area (Å²) in [6.45, 7) is 4.68. The van der Waals surface area contributed by atoms with Crippen molar-refractivity contribution in [3.63, 3.8) is 0 Å². The molecule has 3 heteroatoms. The summed E-state index contributed by atoms with van der Waals surface area (Å²) in [4.78, 5) is 0. The lowest BCUT2D eigenvalue weighted by Crippen LogP contribution is -2.41. The molecule has 1 fully saturated rings. The molecule has 1 aromatic carbocycles. The summed E-state index contributed by atoms with van der Waals surface area (Å²) in [5.41, 5.74) is 7.95. The second kappa shape index (κ2) is 7.15. The van der Waals surface area contributed by atoms with E-state index in [1.54, 1.807) is 7.11 Å². The zero-order valence-electron chi connectivity index (χ0n) is 13.5. The van der Waals surface area contributed by atoms with Gasteiger partial charge in [0.25, 0.3) is 0 Å². The molecule has 1 aliphatic rings. The Kier molecular flexibility index (Phi) is 5.73. The van der Waals surface area contributed by atoms with Crippen LogP contribution in [0, 0.1) is 11.8 Å². The monoisotopic (exact) mass is 353 g/mol. The highest BCUT2D eigenvalue weighted by Crippen LogP contribution is 2.36. The molecule has 2 unspecified atom stereocenters. The Bertz CT molecular complexity index is 474. The normalized spacial score (nSPS) is 26.7. The van der Waals surface area contributed by atoms with Gasteiger partial charge in [-0.15, -0.1) is 0 Å². The average Bonchev–Trinajstić information content (AvgIpc) is 2.63. The summed E-state index contributed by atoms with van der Waals surface area (Å²) in [7, 11) is 1.71. The molecule has 2 atom stereocenters. The van der Waals surface area contributed by atoms with E-state index in [4.69, 9.17) is 10.5 Å². The Balaban J connectivity index is 2.10. The van der Waals surface area contributed by atoms with Crippen LogP contribution >= 0.6 is 15.9 Å². The summed E-state index contributed by atoms with van der Waals surface area (Å²) >= 11 is 3.65. The Morgan fingerprint density at radius 2 is 2.10 bits per heavy atom. The van der Waals surface area contributed by atoms with Crippen LogP contribution in [-0.4, -0.2) is 12.6 Å². The van der Waals surface area contributed by atoms with E-state index in [9.17, 15) is 0 Å². The van der Waals surface area contributed by atoms with Gasteiger partial charge in [0.2, 0.25) is 0 Å². The number of rotatable bonds is 4. The molecule has 2 rings (SSSR count). The first-order chi connectivity index (χ1) is 9.93. The number of hydrogen-bond acceptors (Lipinski definition) is 2. The minimum atomic E-state index is -0.0709. The summed E-state index contributed by atoms with van der Waals surface area (Å²) in [5.74, 6) is 2.52. The number of hydrogen-bond donors (Lipinski definition) is 1. The van der Waals surface area contributed by atoms with E-state index in [0.717, 1.165) is 41.3 Å². The predicted molar refractivity (Wildman–Crippen MR) is 92.7 cm³/mol. The van der Waals surface area contributed by atoms with Crippen molar-refractivity contribution in [2.24, 2.45) is 17.6 Å². The zero-order chi connectivity index (χ0) is 15.5. The van der Waals surface area contributed by atoms with Crippen molar-refractivity contribution in [2.45, 2.75) is 57.9 Å². The van der Waals surface area contributed by atoms with Gasteiger partial charge in [-0.25, -0.2) is 0 Å².